The van der Waals surface area contributed by atoms with Gasteiger partial charge in [-0.2, -0.15) is 5.10 Å². The molecule has 72 valence electrons. The van der Waals surface area contributed by atoms with Gasteiger partial charge in [-0.05, 0) is 18.2 Å². The van der Waals surface area contributed by atoms with Gasteiger partial charge in [0.05, 0.1) is 6.20 Å². The Hall–Kier alpha value is -1.35. The van der Waals surface area contributed by atoms with E-state index in [4.69, 9.17) is 11.6 Å². The first kappa shape index (κ1) is 9.21. The van der Waals surface area contributed by atoms with E-state index in [-0.39, 0.29) is 5.82 Å². The van der Waals surface area contributed by atoms with Gasteiger partial charge in [-0.15, -0.1) is 0 Å². The SMILES string of the molecule is Cn1cc(-c2ccc(Cl)cc2F)cn1. The van der Waals surface area contributed by atoms with Crippen LogP contribution in [0.2, 0.25) is 5.02 Å². The van der Waals surface area contributed by atoms with Gasteiger partial charge in [-0.1, -0.05) is 11.6 Å². The lowest BCUT2D eigenvalue weighted by Gasteiger charge is -1.99. The highest BCUT2D eigenvalue weighted by Crippen LogP contribution is 2.24. The Kier molecular flexibility index (Phi) is 2.25. The van der Waals surface area contributed by atoms with E-state index in [1.54, 1.807) is 36.3 Å². The van der Waals surface area contributed by atoms with Crippen LogP contribution in [-0.4, -0.2) is 9.78 Å². The molecular formula is C10H8ClFN2. The molecule has 0 aliphatic carbocycles. The van der Waals surface area contributed by atoms with E-state index in [9.17, 15) is 4.39 Å². The van der Waals surface area contributed by atoms with Crippen molar-refractivity contribution in [1.82, 2.24) is 9.78 Å². The fourth-order valence-electron chi connectivity index (χ4n) is 1.28. The maximum Gasteiger partial charge on any atom is 0.132 e. The molecule has 0 saturated heterocycles. The van der Waals surface area contributed by atoms with Crippen molar-refractivity contribution < 1.29 is 4.39 Å². The van der Waals surface area contributed by atoms with Crippen LogP contribution in [0.4, 0.5) is 4.39 Å². The van der Waals surface area contributed by atoms with Gasteiger partial charge in [-0.25, -0.2) is 4.39 Å². The molecule has 0 bridgehead atoms. The van der Waals surface area contributed by atoms with E-state index in [0.717, 1.165) is 5.56 Å². The summed E-state index contributed by atoms with van der Waals surface area (Å²) in [6.07, 6.45) is 3.37. The van der Waals surface area contributed by atoms with Crippen molar-refractivity contribution in [2.24, 2.45) is 7.05 Å². The number of benzene rings is 1. The number of rotatable bonds is 1. The summed E-state index contributed by atoms with van der Waals surface area (Å²) in [6.45, 7) is 0. The van der Waals surface area contributed by atoms with Gasteiger partial charge in [0.1, 0.15) is 5.82 Å². The third kappa shape index (κ3) is 1.63. The van der Waals surface area contributed by atoms with Gasteiger partial charge in [0, 0.05) is 29.4 Å². The molecule has 0 radical (unpaired) electrons. The van der Waals surface area contributed by atoms with Crippen molar-refractivity contribution in [2.75, 3.05) is 0 Å². The van der Waals surface area contributed by atoms with E-state index in [0.29, 0.717) is 10.6 Å². The second-order valence-electron chi connectivity index (χ2n) is 3.03. The van der Waals surface area contributed by atoms with Gasteiger partial charge in [0.15, 0.2) is 0 Å². The van der Waals surface area contributed by atoms with Crippen LogP contribution in [-0.2, 0) is 7.05 Å². The molecule has 0 spiro atoms. The highest BCUT2D eigenvalue weighted by molar-refractivity contribution is 6.30. The third-order valence-corrected chi connectivity index (χ3v) is 2.18. The predicted molar refractivity (Wildman–Crippen MR) is 53.6 cm³/mol. The molecule has 0 aliphatic heterocycles. The first-order valence-corrected chi connectivity index (χ1v) is 4.48. The molecule has 2 rings (SSSR count). The monoisotopic (exact) mass is 210 g/mol. The molecule has 2 aromatic rings. The number of hydrogen-bond acceptors (Lipinski definition) is 1. The summed E-state index contributed by atoms with van der Waals surface area (Å²) < 4.78 is 15.1. The molecule has 14 heavy (non-hydrogen) atoms. The fourth-order valence-corrected chi connectivity index (χ4v) is 1.44. The van der Waals surface area contributed by atoms with Crippen LogP contribution in [0.5, 0.6) is 0 Å². The van der Waals surface area contributed by atoms with Gasteiger partial charge in [0.25, 0.3) is 0 Å². The molecule has 0 N–H and O–H groups in total. The van der Waals surface area contributed by atoms with Crippen LogP contribution in [0.15, 0.2) is 30.6 Å². The quantitative estimate of drug-likeness (QED) is 0.708. The van der Waals surface area contributed by atoms with Crippen LogP contribution in [0.1, 0.15) is 0 Å². The summed E-state index contributed by atoms with van der Waals surface area (Å²) in [7, 11) is 1.79. The maximum atomic E-state index is 13.4. The van der Waals surface area contributed by atoms with E-state index < -0.39 is 0 Å². The molecule has 0 aliphatic rings. The predicted octanol–water partition coefficient (Wildman–Crippen LogP) is 2.88. The highest BCUT2D eigenvalue weighted by atomic mass is 35.5. The number of aromatic nitrogens is 2. The number of hydrogen-bond donors (Lipinski definition) is 0. The highest BCUT2D eigenvalue weighted by Gasteiger charge is 2.06. The smallest absolute Gasteiger partial charge is 0.132 e. The van der Waals surface area contributed by atoms with Crippen LogP contribution in [0.25, 0.3) is 11.1 Å². The van der Waals surface area contributed by atoms with Crippen LogP contribution < -0.4 is 0 Å². The van der Waals surface area contributed by atoms with Crippen molar-refractivity contribution in [3.63, 3.8) is 0 Å². The van der Waals surface area contributed by atoms with Gasteiger partial charge < -0.3 is 0 Å². The third-order valence-electron chi connectivity index (χ3n) is 1.95. The second kappa shape index (κ2) is 3.42. The van der Waals surface area contributed by atoms with Crippen LogP contribution in [0.3, 0.4) is 0 Å². The Morgan fingerprint density at radius 3 is 2.79 bits per heavy atom. The second-order valence-corrected chi connectivity index (χ2v) is 3.46. The Balaban J connectivity index is 2.52. The van der Waals surface area contributed by atoms with E-state index in [2.05, 4.69) is 5.10 Å². The summed E-state index contributed by atoms with van der Waals surface area (Å²) in [5.41, 5.74) is 1.27. The molecule has 0 fully saturated rings. The van der Waals surface area contributed by atoms with E-state index in [1.807, 2.05) is 0 Å². The lowest BCUT2D eigenvalue weighted by atomic mass is 10.1. The maximum absolute atomic E-state index is 13.4. The summed E-state index contributed by atoms with van der Waals surface area (Å²) >= 11 is 5.65. The summed E-state index contributed by atoms with van der Waals surface area (Å²) in [5.74, 6) is -0.328. The lowest BCUT2D eigenvalue weighted by molar-refractivity contribution is 0.631. The van der Waals surface area contributed by atoms with E-state index >= 15 is 0 Å². The lowest BCUT2D eigenvalue weighted by Crippen LogP contribution is -1.85. The molecule has 1 aromatic heterocycles. The zero-order valence-electron chi connectivity index (χ0n) is 7.54. The van der Waals surface area contributed by atoms with Gasteiger partial charge >= 0.3 is 0 Å². The normalized spacial score (nSPS) is 10.5. The Bertz CT molecular complexity index is 465. The van der Waals surface area contributed by atoms with Crippen molar-refractivity contribution in [3.8, 4) is 11.1 Å². The minimum absolute atomic E-state index is 0.328. The Labute approximate surface area is 85.9 Å². The summed E-state index contributed by atoms with van der Waals surface area (Å²) in [6, 6.07) is 4.60. The molecule has 1 heterocycles. The Morgan fingerprint density at radius 2 is 2.21 bits per heavy atom. The van der Waals surface area contributed by atoms with Crippen molar-refractivity contribution >= 4 is 11.6 Å². The van der Waals surface area contributed by atoms with Crippen LogP contribution >= 0.6 is 11.6 Å². The first-order valence-electron chi connectivity index (χ1n) is 4.11. The average molecular weight is 211 g/mol. The Morgan fingerprint density at radius 1 is 1.43 bits per heavy atom. The molecule has 0 atom stereocenters. The zero-order chi connectivity index (χ0) is 10.1. The van der Waals surface area contributed by atoms with E-state index in [1.165, 1.54) is 6.07 Å². The minimum Gasteiger partial charge on any atom is -0.275 e. The fraction of sp³-hybridized carbons (Fsp3) is 0.100. The molecular weight excluding hydrogens is 203 g/mol. The minimum atomic E-state index is -0.328. The number of aryl methyl sites for hydroxylation is 1. The van der Waals surface area contributed by atoms with Gasteiger partial charge in [-0.3, -0.25) is 4.68 Å². The first-order chi connectivity index (χ1) is 6.66. The summed E-state index contributed by atoms with van der Waals surface area (Å²) in [5, 5.41) is 4.37. The average Bonchev–Trinajstić information content (AvgIpc) is 2.51. The summed E-state index contributed by atoms with van der Waals surface area (Å²) in [4.78, 5) is 0. The molecule has 1 aromatic carbocycles. The number of nitrogens with zero attached hydrogens (tertiary/aromatic N) is 2. The molecule has 4 heteroatoms. The topological polar surface area (TPSA) is 17.8 Å². The molecule has 0 unspecified atom stereocenters. The largest absolute Gasteiger partial charge is 0.275 e. The molecule has 0 saturated carbocycles. The van der Waals surface area contributed by atoms with Crippen molar-refractivity contribution in [1.29, 1.82) is 0 Å². The standard InChI is InChI=1S/C10H8ClFN2/c1-14-6-7(5-13-14)9-3-2-8(11)4-10(9)12/h2-6H,1H3. The molecule has 0 amide bonds. The van der Waals surface area contributed by atoms with Gasteiger partial charge in [0.2, 0.25) is 0 Å². The van der Waals surface area contributed by atoms with Crippen molar-refractivity contribution in [3.05, 3.63) is 41.4 Å². The van der Waals surface area contributed by atoms with Crippen LogP contribution in [0, 0.1) is 5.82 Å². The molecule has 2 nitrogen and oxygen atoms in total. The van der Waals surface area contributed by atoms with Crippen molar-refractivity contribution in [2.45, 2.75) is 0 Å². The zero-order valence-corrected chi connectivity index (χ0v) is 8.29. The number of halogens is 2.